The van der Waals surface area contributed by atoms with E-state index in [4.69, 9.17) is 0 Å². The summed E-state index contributed by atoms with van der Waals surface area (Å²) in [4.78, 5) is 13.9. The summed E-state index contributed by atoms with van der Waals surface area (Å²) in [6.45, 7) is 11.3. The quantitative estimate of drug-likeness (QED) is 0.798. The van der Waals surface area contributed by atoms with Crippen LogP contribution in [-0.4, -0.2) is 36.0 Å². The van der Waals surface area contributed by atoms with E-state index in [2.05, 4.69) is 33.0 Å². The molecule has 1 heterocycles. The predicted octanol–water partition coefficient (Wildman–Crippen LogP) is 2.02. The second kappa shape index (κ2) is 5.67. The van der Waals surface area contributed by atoms with Crippen molar-refractivity contribution >= 4 is 5.91 Å². The van der Waals surface area contributed by atoms with Crippen LogP contribution in [0, 0.1) is 5.92 Å². The van der Waals surface area contributed by atoms with Gasteiger partial charge in [-0.05, 0) is 39.5 Å². The number of carbonyl (C=O) groups excluding carboxylic acids is 1. The van der Waals surface area contributed by atoms with Crippen molar-refractivity contribution in [1.82, 2.24) is 10.2 Å². The van der Waals surface area contributed by atoms with Crippen molar-refractivity contribution < 1.29 is 4.79 Å². The van der Waals surface area contributed by atoms with E-state index in [0.717, 1.165) is 25.6 Å². The Hall–Kier alpha value is -0.570. The van der Waals surface area contributed by atoms with Gasteiger partial charge in [0.05, 0.1) is 0 Å². The highest BCUT2D eigenvalue weighted by atomic mass is 16.2. The molecule has 3 heteroatoms. The third-order valence-electron chi connectivity index (χ3n) is 3.13. The number of amides is 1. The minimum Gasteiger partial charge on any atom is -0.343 e. The Bertz CT molecular complexity index is 225. The van der Waals surface area contributed by atoms with Crippen LogP contribution in [0.4, 0.5) is 0 Å². The monoisotopic (exact) mass is 226 g/mol. The number of piperidine rings is 1. The highest BCUT2D eigenvalue weighted by Crippen LogP contribution is 2.16. The molecule has 1 amide bonds. The molecule has 1 aliphatic rings. The van der Waals surface area contributed by atoms with Crippen LogP contribution in [-0.2, 0) is 4.79 Å². The first-order valence-electron chi connectivity index (χ1n) is 6.41. The molecule has 1 N–H and O–H groups in total. The zero-order valence-corrected chi connectivity index (χ0v) is 11.2. The molecule has 0 aromatic carbocycles. The van der Waals surface area contributed by atoms with E-state index in [-0.39, 0.29) is 5.54 Å². The van der Waals surface area contributed by atoms with Crippen LogP contribution in [0.15, 0.2) is 0 Å². The lowest BCUT2D eigenvalue weighted by Crippen LogP contribution is -2.41. The number of likely N-dealkylation sites (tertiary alicyclic amines) is 1. The van der Waals surface area contributed by atoms with Gasteiger partial charge < -0.3 is 10.2 Å². The van der Waals surface area contributed by atoms with Crippen molar-refractivity contribution in [2.24, 2.45) is 5.92 Å². The number of hydrogen-bond donors (Lipinski definition) is 1. The molecule has 1 rings (SSSR count). The van der Waals surface area contributed by atoms with E-state index in [0.29, 0.717) is 12.3 Å². The lowest BCUT2D eigenvalue weighted by Gasteiger charge is -2.30. The molecule has 0 unspecified atom stereocenters. The molecule has 94 valence electrons. The summed E-state index contributed by atoms with van der Waals surface area (Å²) in [5.41, 5.74) is 0.108. The minimum absolute atomic E-state index is 0.108. The largest absolute Gasteiger partial charge is 0.343 e. The first-order valence-corrected chi connectivity index (χ1v) is 6.41. The van der Waals surface area contributed by atoms with Crippen LogP contribution in [0.25, 0.3) is 0 Å². The molecule has 0 radical (unpaired) electrons. The van der Waals surface area contributed by atoms with E-state index in [9.17, 15) is 4.79 Å². The van der Waals surface area contributed by atoms with Gasteiger partial charge in [0.15, 0.2) is 0 Å². The maximum Gasteiger partial charge on any atom is 0.223 e. The highest BCUT2D eigenvalue weighted by molar-refractivity contribution is 5.76. The van der Waals surface area contributed by atoms with Crippen molar-refractivity contribution in [3.63, 3.8) is 0 Å². The molecule has 3 nitrogen and oxygen atoms in total. The molecule has 0 aromatic rings. The number of carbonyl (C=O) groups is 1. The fourth-order valence-corrected chi connectivity index (χ4v) is 1.96. The van der Waals surface area contributed by atoms with E-state index in [1.54, 1.807) is 0 Å². The van der Waals surface area contributed by atoms with Crippen LogP contribution < -0.4 is 5.32 Å². The van der Waals surface area contributed by atoms with Crippen LogP contribution in [0.5, 0.6) is 0 Å². The molecule has 1 aliphatic heterocycles. The van der Waals surface area contributed by atoms with Gasteiger partial charge >= 0.3 is 0 Å². The average Bonchev–Trinajstić information content (AvgIpc) is 2.16. The SMILES string of the molecule is CC1CCN(C(=O)CCNC(C)(C)C)CC1. The number of nitrogens with one attached hydrogen (secondary N) is 1. The zero-order chi connectivity index (χ0) is 12.2. The van der Waals surface area contributed by atoms with Gasteiger partial charge in [-0.25, -0.2) is 0 Å². The molecule has 16 heavy (non-hydrogen) atoms. The Kier molecular flexibility index (Phi) is 4.78. The van der Waals surface area contributed by atoms with Crippen LogP contribution in [0.1, 0.15) is 47.0 Å². The number of rotatable bonds is 3. The topological polar surface area (TPSA) is 32.3 Å². The lowest BCUT2D eigenvalue weighted by atomic mass is 9.99. The summed E-state index contributed by atoms with van der Waals surface area (Å²) in [5.74, 6) is 1.10. The van der Waals surface area contributed by atoms with E-state index >= 15 is 0 Å². The minimum atomic E-state index is 0.108. The maximum absolute atomic E-state index is 11.9. The zero-order valence-electron chi connectivity index (χ0n) is 11.2. The molecule has 1 saturated heterocycles. The van der Waals surface area contributed by atoms with Crippen molar-refractivity contribution in [2.45, 2.75) is 52.5 Å². The van der Waals surface area contributed by atoms with Crippen molar-refractivity contribution in [3.8, 4) is 0 Å². The Morgan fingerprint density at radius 1 is 1.31 bits per heavy atom. The summed E-state index contributed by atoms with van der Waals surface area (Å²) >= 11 is 0. The Morgan fingerprint density at radius 2 is 1.88 bits per heavy atom. The molecule has 0 aliphatic carbocycles. The molecule has 1 fully saturated rings. The van der Waals surface area contributed by atoms with Gasteiger partial charge in [0.2, 0.25) is 5.91 Å². The maximum atomic E-state index is 11.9. The first-order chi connectivity index (χ1) is 7.38. The normalized spacial score (nSPS) is 18.9. The number of hydrogen-bond acceptors (Lipinski definition) is 2. The Morgan fingerprint density at radius 3 is 2.38 bits per heavy atom. The van der Waals surface area contributed by atoms with Gasteiger partial charge in [0, 0.05) is 31.6 Å². The third kappa shape index (κ3) is 4.97. The summed E-state index contributed by atoms with van der Waals surface area (Å²) in [6, 6.07) is 0. The summed E-state index contributed by atoms with van der Waals surface area (Å²) in [5, 5.41) is 3.35. The van der Waals surface area contributed by atoms with Crippen molar-refractivity contribution in [2.75, 3.05) is 19.6 Å². The van der Waals surface area contributed by atoms with Gasteiger partial charge in [-0.1, -0.05) is 6.92 Å². The fraction of sp³-hybridized carbons (Fsp3) is 0.923. The van der Waals surface area contributed by atoms with Crippen molar-refractivity contribution in [1.29, 1.82) is 0 Å². The van der Waals surface area contributed by atoms with E-state index in [1.165, 1.54) is 12.8 Å². The fourth-order valence-electron chi connectivity index (χ4n) is 1.96. The first kappa shape index (κ1) is 13.5. The summed E-state index contributed by atoms with van der Waals surface area (Å²) in [7, 11) is 0. The molecular formula is C13H26N2O. The smallest absolute Gasteiger partial charge is 0.223 e. The van der Waals surface area contributed by atoms with E-state index in [1.807, 2.05) is 4.90 Å². The second-order valence-electron chi connectivity index (χ2n) is 5.99. The van der Waals surface area contributed by atoms with Gasteiger partial charge in [-0.3, -0.25) is 4.79 Å². The Labute approximate surface area is 99.6 Å². The predicted molar refractivity (Wildman–Crippen MR) is 67.4 cm³/mol. The van der Waals surface area contributed by atoms with E-state index < -0.39 is 0 Å². The number of nitrogens with zero attached hydrogens (tertiary/aromatic N) is 1. The van der Waals surface area contributed by atoms with Gasteiger partial charge in [0.1, 0.15) is 0 Å². The van der Waals surface area contributed by atoms with Crippen LogP contribution >= 0.6 is 0 Å². The summed E-state index contributed by atoms with van der Waals surface area (Å²) in [6.07, 6.45) is 2.96. The lowest BCUT2D eigenvalue weighted by molar-refractivity contribution is -0.132. The molecule has 0 atom stereocenters. The van der Waals surface area contributed by atoms with Crippen LogP contribution in [0.3, 0.4) is 0 Å². The standard InChI is InChI=1S/C13H26N2O/c1-11-6-9-15(10-7-11)12(16)5-8-14-13(2,3)4/h11,14H,5-10H2,1-4H3. The molecule has 0 saturated carbocycles. The third-order valence-corrected chi connectivity index (χ3v) is 3.13. The van der Waals surface area contributed by atoms with Gasteiger partial charge in [-0.15, -0.1) is 0 Å². The average molecular weight is 226 g/mol. The summed E-state index contributed by atoms with van der Waals surface area (Å²) < 4.78 is 0. The highest BCUT2D eigenvalue weighted by Gasteiger charge is 2.20. The molecular weight excluding hydrogens is 200 g/mol. The molecule has 0 bridgehead atoms. The van der Waals surface area contributed by atoms with Crippen molar-refractivity contribution in [3.05, 3.63) is 0 Å². The van der Waals surface area contributed by atoms with Crippen LogP contribution in [0.2, 0.25) is 0 Å². The second-order valence-corrected chi connectivity index (χ2v) is 5.99. The molecule has 0 spiro atoms. The van der Waals surface area contributed by atoms with Gasteiger partial charge in [0.25, 0.3) is 0 Å². The molecule has 0 aromatic heterocycles. The van der Waals surface area contributed by atoms with Gasteiger partial charge in [-0.2, -0.15) is 0 Å². The Balaban J connectivity index is 2.20.